The van der Waals surface area contributed by atoms with Gasteiger partial charge >= 0.3 is 0 Å². The molecule has 33 heavy (non-hydrogen) atoms. The maximum atomic E-state index is 12.8. The van der Waals surface area contributed by atoms with Gasteiger partial charge in [-0.3, -0.25) is 9.59 Å². The number of benzene rings is 1. The average molecular weight is 449 g/mol. The number of carbonyl (C=O) groups is 2. The number of hydrogen-bond acceptors (Lipinski definition) is 7. The fraction of sp³-hybridized carbons (Fsp3) is 0.292. The lowest BCUT2D eigenvalue weighted by atomic mass is 10.2. The first-order valence-electron chi connectivity index (χ1n) is 10.6. The van der Waals surface area contributed by atoms with Gasteiger partial charge in [0.05, 0.1) is 12.2 Å². The third kappa shape index (κ3) is 7.36. The molecule has 2 aromatic heterocycles. The summed E-state index contributed by atoms with van der Waals surface area (Å²) in [6, 6.07) is 10.7. The smallest absolute Gasteiger partial charge is 0.277 e. The van der Waals surface area contributed by atoms with Crippen molar-refractivity contribution in [2.75, 3.05) is 29.1 Å². The van der Waals surface area contributed by atoms with Gasteiger partial charge in [-0.15, -0.1) is 0 Å². The van der Waals surface area contributed by atoms with Gasteiger partial charge in [-0.05, 0) is 63.6 Å². The van der Waals surface area contributed by atoms with E-state index in [1.165, 1.54) is 12.4 Å². The Labute approximate surface area is 193 Å². The van der Waals surface area contributed by atoms with E-state index in [9.17, 15) is 9.59 Å². The molecule has 0 saturated carbocycles. The Kier molecular flexibility index (Phi) is 7.68. The average Bonchev–Trinajstić information content (AvgIpc) is 2.78. The van der Waals surface area contributed by atoms with Crippen LogP contribution in [0.2, 0.25) is 0 Å². The molecule has 3 aromatic rings. The zero-order valence-corrected chi connectivity index (χ0v) is 19.2. The molecule has 9 nitrogen and oxygen atoms in total. The van der Waals surface area contributed by atoms with Crippen molar-refractivity contribution in [1.82, 2.24) is 15.0 Å². The van der Waals surface area contributed by atoms with Crippen molar-refractivity contribution in [2.24, 2.45) is 0 Å². The molecule has 0 aliphatic rings. The first-order valence-corrected chi connectivity index (χ1v) is 10.6. The van der Waals surface area contributed by atoms with Crippen LogP contribution in [0.1, 0.15) is 47.3 Å². The first kappa shape index (κ1) is 23.8. The lowest BCUT2D eigenvalue weighted by molar-refractivity contribution is 0.00333. The van der Waals surface area contributed by atoms with Crippen LogP contribution in [0.3, 0.4) is 0 Å². The third-order valence-corrected chi connectivity index (χ3v) is 4.39. The van der Waals surface area contributed by atoms with Crippen LogP contribution < -0.4 is 16.0 Å². The summed E-state index contributed by atoms with van der Waals surface area (Å²) < 4.78 is 5.68. The minimum absolute atomic E-state index is 0.0800. The van der Waals surface area contributed by atoms with Gasteiger partial charge in [0.2, 0.25) is 0 Å². The van der Waals surface area contributed by atoms with Crippen molar-refractivity contribution in [3.8, 4) is 0 Å². The predicted molar refractivity (Wildman–Crippen MR) is 128 cm³/mol. The number of ether oxygens (including phenoxy) is 1. The molecule has 0 unspecified atom stereocenters. The van der Waals surface area contributed by atoms with Crippen LogP contribution in [-0.4, -0.2) is 45.5 Å². The molecule has 0 saturated heterocycles. The van der Waals surface area contributed by atoms with Gasteiger partial charge in [0.15, 0.2) is 11.4 Å². The van der Waals surface area contributed by atoms with E-state index in [1.54, 1.807) is 24.4 Å². The van der Waals surface area contributed by atoms with Crippen LogP contribution in [0.25, 0.3) is 0 Å². The second-order valence-corrected chi connectivity index (χ2v) is 8.35. The molecule has 1 aromatic carbocycles. The lowest BCUT2D eigenvalue weighted by Crippen LogP contribution is -2.23. The first-order chi connectivity index (χ1) is 15.7. The van der Waals surface area contributed by atoms with E-state index in [2.05, 4.69) is 30.9 Å². The molecule has 0 aliphatic carbocycles. The van der Waals surface area contributed by atoms with Crippen LogP contribution in [0.5, 0.6) is 0 Å². The quantitative estimate of drug-likeness (QED) is 0.447. The Bertz CT molecular complexity index is 1090. The van der Waals surface area contributed by atoms with E-state index < -0.39 is 11.8 Å². The van der Waals surface area contributed by atoms with Crippen LogP contribution in [0.4, 0.5) is 17.2 Å². The molecule has 3 rings (SSSR count). The third-order valence-electron chi connectivity index (χ3n) is 4.39. The summed E-state index contributed by atoms with van der Waals surface area (Å²) >= 11 is 0. The molecule has 0 bridgehead atoms. The van der Waals surface area contributed by atoms with Crippen molar-refractivity contribution < 1.29 is 14.3 Å². The molecule has 0 spiro atoms. The molecule has 0 atom stereocenters. The highest BCUT2D eigenvalue weighted by molar-refractivity contribution is 6.13. The summed E-state index contributed by atoms with van der Waals surface area (Å²) in [5, 5.41) is 8.65. The fourth-order valence-corrected chi connectivity index (χ4v) is 2.80. The number of anilines is 3. The van der Waals surface area contributed by atoms with Crippen molar-refractivity contribution in [3.05, 3.63) is 71.9 Å². The molecule has 0 radical (unpaired) electrons. The van der Waals surface area contributed by atoms with Gasteiger partial charge in [0.25, 0.3) is 11.8 Å². The highest BCUT2D eigenvalue weighted by Crippen LogP contribution is 2.16. The Morgan fingerprint density at radius 3 is 2.03 bits per heavy atom. The molecule has 3 N–H and O–H groups in total. The number of rotatable bonds is 8. The van der Waals surface area contributed by atoms with Crippen molar-refractivity contribution in [3.63, 3.8) is 0 Å². The van der Waals surface area contributed by atoms with Gasteiger partial charge in [-0.2, -0.15) is 0 Å². The minimum atomic E-state index is -0.568. The zero-order chi connectivity index (χ0) is 23.8. The Morgan fingerprint density at radius 1 is 0.848 bits per heavy atom. The number of nitrogens with one attached hydrogen (secondary N) is 3. The van der Waals surface area contributed by atoms with Crippen LogP contribution >= 0.6 is 0 Å². The van der Waals surface area contributed by atoms with Gasteiger partial charge in [-0.1, -0.05) is 6.07 Å². The monoisotopic (exact) mass is 448 g/mol. The topological polar surface area (TPSA) is 118 Å². The van der Waals surface area contributed by atoms with Gasteiger partial charge in [0, 0.05) is 36.5 Å². The Morgan fingerprint density at radius 2 is 1.45 bits per heavy atom. The van der Waals surface area contributed by atoms with E-state index in [4.69, 9.17) is 4.74 Å². The molecule has 0 fully saturated rings. The normalized spacial score (nSPS) is 11.0. The van der Waals surface area contributed by atoms with Crippen LogP contribution in [-0.2, 0) is 4.74 Å². The summed E-state index contributed by atoms with van der Waals surface area (Å²) in [6.45, 7) is 9.17. The standard InChI is InChI=1S/C24H28N6O3/c1-16-5-10-19(28-15-16)30-23(32)21-20(26-11-12-27-21)22(31)29-18-8-6-17(7-9-18)25-13-14-33-24(2,3)4/h5-12,15,25H,13-14H2,1-4H3,(H,29,31)(H,28,30,32). The molecule has 2 heterocycles. The molecule has 9 heteroatoms. The van der Waals surface area contributed by atoms with Gasteiger partial charge in [0.1, 0.15) is 5.82 Å². The number of nitrogens with zero attached hydrogens (tertiary/aromatic N) is 3. The highest BCUT2D eigenvalue weighted by Gasteiger charge is 2.20. The van der Waals surface area contributed by atoms with Gasteiger partial charge < -0.3 is 20.7 Å². The summed E-state index contributed by atoms with van der Waals surface area (Å²) in [4.78, 5) is 37.7. The molecular formula is C24H28N6O3. The van der Waals surface area contributed by atoms with E-state index in [-0.39, 0.29) is 17.0 Å². The molecule has 0 aliphatic heterocycles. The zero-order valence-electron chi connectivity index (χ0n) is 19.2. The van der Waals surface area contributed by atoms with E-state index >= 15 is 0 Å². The molecule has 172 valence electrons. The number of pyridine rings is 1. The SMILES string of the molecule is Cc1ccc(NC(=O)c2nccnc2C(=O)Nc2ccc(NCCOC(C)(C)C)cc2)nc1. The summed E-state index contributed by atoms with van der Waals surface area (Å²) in [5.41, 5.74) is 2.08. The van der Waals surface area contributed by atoms with E-state index in [0.717, 1.165) is 11.3 Å². The lowest BCUT2D eigenvalue weighted by Gasteiger charge is -2.19. The number of aryl methyl sites for hydroxylation is 1. The van der Waals surface area contributed by atoms with Crippen molar-refractivity contribution >= 4 is 29.0 Å². The number of hydrogen-bond donors (Lipinski definition) is 3. The molecular weight excluding hydrogens is 420 g/mol. The highest BCUT2D eigenvalue weighted by atomic mass is 16.5. The fourth-order valence-electron chi connectivity index (χ4n) is 2.80. The number of aromatic nitrogens is 3. The summed E-state index contributed by atoms with van der Waals surface area (Å²) in [5.74, 6) is -0.746. The van der Waals surface area contributed by atoms with E-state index in [0.29, 0.717) is 24.7 Å². The second kappa shape index (κ2) is 10.6. The maximum Gasteiger partial charge on any atom is 0.277 e. The van der Waals surface area contributed by atoms with Gasteiger partial charge in [-0.25, -0.2) is 15.0 Å². The maximum absolute atomic E-state index is 12.8. The number of carbonyl (C=O) groups excluding carboxylic acids is 2. The Hall–Kier alpha value is -3.85. The van der Waals surface area contributed by atoms with E-state index in [1.807, 2.05) is 45.9 Å². The number of amides is 2. The summed E-state index contributed by atoms with van der Waals surface area (Å²) in [7, 11) is 0. The van der Waals surface area contributed by atoms with Crippen molar-refractivity contribution in [2.45, 2.75) is 33.3 Å². The van der Waals surface area contributed by atoms with Crippen LogP contribution in [0.15, 0.2) is 55.0 Å². The Balaban J connectivity index is 1.61. The summed E-state index contributed by atoms with van der Waals surface area (Å²) in [6.07, 6.45) is 4.36. The van der Waals surface area contributed by atoms with Crippen LogP contribution in [0, 0.1) is 6.92 Å². The predicted octanol–water partition coefficient (Wildman–Crippen LogP) is 3.91. The second-order valence-electron chi connectivity index (χ2n) is 8.35. The minimum Gasteiger partial charge on any atom is -0.383 e. The largest absolute Gasteiger partial charge is 0.383 e. The molecule has 2 amide bonds. The van der Waals surface area contributed by atoms with Crippen molar-refractivity contribution in [1.29, 1.82) is 0 Å².